The Morgan fingerprint density at radius 3 is 2.55 bits per heavy atom. The summed E-state index contributed by atoms with van der Waals surface area (Å²) in [6.07, 6.45) is 4.90. The van der Waals surface area contributed by atoms with E-state index in [4.69, 9.17) is 4.74 Å². The molecule has 1 fully saturated rings. The van der Waals surface area contributed by atoms with E-state index in [0.29, 0.717) is 6.67 Å². The number of carbonyl (C=O) groups excluding carboxylic acids is 1. The van der Waals surface area contributed by atoms with E-state index < -0.39 is 0 Å². The van der Waals surface area contributed by atoms with Crippen LogP contribution in [0.2, 0.25) is 0 Å². The number of anilines is 1. The fraction of sp³-hybridized carbons (Fsp3) is 0.522. The van der Waals surface area contributed by atoms with Crippen LogP contribution >= 0.6 is 11.3 Å². The Bertz CT molecular complexity index is 861. The minimum absolute atomic E-state index is 0.126. The molecule has 2 aromatic rings. The van der Waals surface area contributed by atoms with Crippen LogP contribution in [-0.4, -0.2) is 61.8 Å². The standard InChI is InChI=1S/C23H29N3O2S/c27-22(18-6-2-1-3-7-18)26-17-25(11-10-24-12-14-28-15-13-24)16-20-19-8-4-5-9-21(19)29-23(20)26/h1-3,6-7H,4-5,8-17H2. The molecule has 3 aliphatic rings. The lowest BCUT2D eigenvalue weighted by molar-refractivity contribution is 0.0326. The highest BCUT2D eigenvalue weighted by Crippen LogP contribution is 2.43. The monoisotopic (exact) mass is 411 g/mol. The van der Waals surface area contributed by atoms with E-state index in [1.807, 2.05) is 46.6 Å². The molecule has 6 heteroatoms. The molecule has 0 N–H and O–H groups in total. The molecule has 0 bridgehead atoms. The normalized spacial score (nSPS) is 20.3. The van der Waals surface area contributed by atoms with Crippen molar-refractivity contribution in [2.24, 2.45) is 0 Å². The summed E-state index contributed by atoms with van der Waals surface area (Å²) in [7, 11) is 0. The van der Waals surface area contributed by atoms with Gasteiger partial charge in [-0.2, -0.15) is 0 Å². The van der Waals surface area contributed by atoms with Gasteiger partial charge in [0.2, 0.25) is 0 Å². The van der Waals surface area contributed by atoms with Gasteiger partial charge in [0, 0.05) is 48.7 Å². The molecule has 1 aromatic carbocycles. The lowest BCUT2D eigenvalue weighted by Gasteiger charge is -2.37. The van der Waals surface area contributed by atoms with Crippen molar-refractivity contribution in [3.63, 3.8) is 0 Å². The van der Waals surface area contributed by atoms with Crippen molar-refractivity contribution >= 4 is 22.2 Å². The van der Waals surface area contributed by atoms with Gasteiger partial charge < -0.3 is 4.74 Å². The van der Waals surface area contributed by atoms with Gasteiger partial charge in [0.1, 0.15) is 5.00 Å². The quantitative estimate of drug-likeness (QED) is 0.773. The summed E-state index contributed by atoms with van der Waals surface area (Å²) in [4.78, 5) is 21.9. The first-order valence-electron chi connectivity index (χ1n) is 10.8. The number of morpholine rings is 1. The summed E-state index contributed by atoms with van der Waals surface area (Å²) in [5.41, 5.74) is 3.74. The molecular weight excluding hydrogens is 382 g/mol. The van der Waals surface area contributed by atoms with Crippen LogP contribution in [0.25, 0.3) is 0 Å². The summed E-state index contributed by atoms with van der Waals surface area (Å²) in [5, 5.41) is 1.20. The van der Waals surface area contributed by atoms with E-state index in [-0.39, 0.29) is 5.91 Å². The second kappa shape index (κ2) is 8.56. The third-order valence-electron chi connectivity index (χ3n) is 6.33. The molecule has 5 nitrogen and oxygen atoms in total. The van der Waals surface area contributed by atoms with Crippen molar-refractivity contribution in [1.29, 1.82) is 0 Å². The molecule has 3 heterocycles. The van der Waals surface area contributed by atoms with Gasteiger partial charge in [-0.3, -0.25) is 19.5 Å². The number of thiophene rings is 1. The number of aryl methyl sites for hydroxylation is 1. The molecular formula is C23H29N3O2S. The van der Waals surface area contributed by atoms with Crippen LogP contribution in [-0.2, 0) is 24.1 Å². The van der Waals surface area contributed by atoms with E-state index in [9.17, 15) is 4.79 Å². The van der Waals surface area contributed by atoms with E-state index in [0.717, 1.165) is 51.5 Å². The van der Waals surface area contributed by atoms with Crippen molar-refractivity contribution in [3.8, 4) is 0 Å². The van der Waals surface area contributed by atoms with Gasteiger partial charge in [-0.25, -0.2) is 0 Å². The van der Waals surface area contributed by atoms with Crippen molar-refractivity contribution in [2.45, 2.75) is 32.2 Å². The van der Waals surface area contributed by atoms with Crippen LogP contribution in [0.1, 0.15) is 39.2 Å². The van der Waals surface area contributed by atoms with Gasteiger partial charge in [-0.15, -0.1) is 11.3 Å². The zero-order chi connectivity index (χ0) is 19.6. The lowest BCUT2D eigenvalue weighted by Crippen LogP contribution is -2.48. The minimum atomic E-state index is 0.126. The van der Waals surface area contributed by atoms with Crippen molar-refractivity contribution in [2.75, 3.05) is 51.0 Å². The van der Waals surface area contributed by atoms with Crippen LogP contribution in [0.15, 0.2) is 30.3 Å². The van der Waals surface area contributed by atoms with E-state index >= 15 is 0 Å². The van der Waals surface area contributed by atoms with Crippen molar-refractivity contribution in [1.82, 2.24) is 9.80 Å². The molecule has 0 spiro atoms. The average Bonchev–Trinajstić information content (AvgIpc) is 3.17. The number of nitrogens with zero attached hydrogens (tertiary/aromatic N) is 3. The SMILES string of the molecule is O=C(c1ccccc1)N1CN(CCN2CCOCC2)Cc2c1sc1c2CCCC1. The van der Waals surface area contributed by atoms with Crippen LogP contribution in [0, 0.1) is 0 Å². The zero-order valence-electron chi connectivity index (χ0n) is 16.9. The van der Waals surface area contributed by atoms with E-state index in [1.165, 1.54) is 46.7 Å². The number of carbonyl (C=O) groups is 1. The smallest absolute Gasteiger partial charge is 0.260 e. The number of hydrogen-bond donors (Lipinski definition) is 0. The Morgan fingerprint density at radius 2 is 1.72 bits per heavy atom. The van der Waals surface area contributed by atoms with Crippen LogP contribution in [0.4, 0.5) is 5.00 Å². The first-order chi connectivity index (χ1) is 14.3. The Kier molecular flexibility index (Phi) is 5.68. The number of amides is 1. The van der Waals surface area contributed by atoms with Gasteiger partial charge in [0.15, 0.2) is 0 Å². The first-order valence-corrected chi connectivity index (χ1v) is 11.6. The Hall–Kier alpha value is -1.73. The number of benzene rings is 1. The van der Waals surface area contributed by atoms with E-state index in [1.54, 1.807) is 0 Å². The molecule has 0 radical (unpaired) electrons. The molecule has 2 aliphatic heterocycles. The third kappa shape index (κ3) is 3.99. The minimum Gasteiger partial charge on any atom is -0.379 e. The molecule has 0 saturated carbocycles. The highest BCUT2D eigenvalue weighted by atomic mass is 32.1. The van der Waals surface area contributed by atoms with Gasteiger partial charge in [-0.05, 0) is 43.4 Å². The zero-order valence-corrected chi connectivity index (χ0v) is 17.8. The van der Waals surface area contributed by atoms with Gasteiger partial charge in [0.25, 0.3) is 5.91 Å². The maximum atomic E-state index is 13.4. The second-order valence-electron chi connectivity index (χ2n) is 8.24. The van der Waals surface area contributed by atoms with Crippen LogP contribution in [0.3, 0.4) is 0 Å². The highest BCUT2D eigenvalue weighted by Gasteiger charge is 2.33. The number of hydrogen-bond acceptors (Lipinski definition) is 5. The fourth-order valence-corrected chi connectivity index (χ4v) is 6.08. The molecule has 5 rings (SSSR count). The molecule has 1 aliphatic carbocycles. The average molecular weight is 412 g/mol. The van der Waals surface area contributed by atoms with E-state index in [2.05, 4.69) is 9.80 Å². The Balaban J connectivity index is 1.40. The summed E-state index contributed by atoms with van der Waals surface area (Å²) in [6, 6.07) is 9.74. The molecule has 1 aromatic heterocycles. The number of rotatable bonds is 4. The van der Waals surface area contributed by atoms with Gasteiger partial charge >= 0.3 is 0 Å². The summed E-state index contributed by atoms with van der Waals surface area (Å²) >= 11 is 1.87. The molecule has 0 atom stereocenters. The Morgan fingerprint density at radius 1 is 0.966 bits per heavy atom. The highest BCUT2D eigenvalue weighted by molar-refractivity contribution is 7.16. The molecule has 154 valence electrons. The number of fused-ring (bicyclic) bond motifs is 3. The largest absolute Gasteiger partial charge is 0.379 e. The van der Waals surface area contributed by atoms with Gasteiger partial charge in [-0.1, -0.05) is 18.2 Å². The van der Waals surface area contributed by atoms with Gasteiger partial charge in [0.05, 0.1) is 19.9 Å². The molecule has 1 amide bonds. The predicted molar refractivity (Wildman–Crippen MR) is 117 cm³/mol. The summed E-state index contributed by atoms with van der Waals surface area (Å²) in [6.45, 7) is 7.39. The Labute approximate surface area is 176 Å². The first kappa shape index (κ1) is 19.2. The molecule has 1 saturated heterocycles. The van der Waals surface area contributed by atoms with Crippen molar-refractivity contribution < 1.29 is 9.53 Å². The maximum absolute atomic E-state index is 13.4. The lowest BCUT2D eigenvalue weighted by atomic mass is 9.94. The van der Waals surface area contributed by atoms with Crippen LogP contribution < -0.4 is 4.90 Å². The second-order valence-corrected chi connectivity index (χ2v) is 9.33. The fourth-order valence-electron chi connectivity index (χ4n) is 4.69. The molecule has 29 heavy (non-hydrogen) atoms. The maximum Gasteiger partial charge on any atom is 0.260 e. The summed E-state index contributed by atoms with van der Waals surface area (Å²) in [5.74, 6) is 0.126. The third-order valence-corrected chi connectivity index (χ3v) is 7.69. The molecule has 0 unspecified atom stereocenters. The van der Waals surface area contributed by atoms with Crippen molar-refractivity contribution in [3.05, 3.63) is 51.9 Å². The summed E-state index contributed by atoms with van der Waals surface area (Å²) < 4.78 is 5.48. The topological polar surface area (TPSA) is 36.0 Å². The van der Waals surface area contributed by atoms with Crippen LogP contribution in [0.5, 0.6) is 0 Å². The number of ether oxygens (including phenoxy) is 1. The predicted octanol–water partition coefficient (Wildman–Crippen LogP) is 3.38.